The van der Waals surface area contributed by atoms with Crippen LogP contribution in [0.2, 0.25) is 0 Å². The predicted octanol–water partition coefficient (Wildman–Crippen LogP) is 4.63. The Labute approximate surface area is 191 Å². The van der Waals surface area contributed by atoms with Crippen LogP contribution in [0, 0.1) is 6.92 Å². The molecule has 2 aromatic carbocycles. The van der Waals surface area contributed by atoms with E-state index in [4.69, 9.17) is 9.47 Å². The Morgan fingerprint density at radius 3 is 2.62 bits per heavy atom. The molecule has 3 aromatic rings. The van der Waals surface area contributed by atoms with Crippen molar-refractivity contribution < 1.29 is 19.1 Å². The number of nitrogens with one attached hydrogen (secondary N) is 1. The highest BCUT2D eigenvalue weighted by Gasteiger charge is 2.44. The van der Waals surface area contributed by atoms with Crippen molar-refractivity contribution >= 4 is 28.8 Å². The quantitative estimate of drug-likeness (QED) is 0.570. The number of ether oxygens (including phenoxy) is 2. The molecule has 6 nitrogen and oxygen atoms in total. The third-order valence-corrected chi connectivity index (χ3v) is 6.72. The summed E-state index contributed by atoms with van der Waals surface area (Å²) in [4.78, 5) is 31.1. The van der Waals surface area contributed by atoms with E-state index in [1.54, 1.807) is 42.6 Å². The van der Waals surface area contributed by atoms with E-state index in [0.29, 0.717) is 30.2 Å². The fraction of sp³-hybridized carbons (Fsp3) is 0.280. The molecule has 2 heterocycles. The molecule has 0 radical (unpaired) electrons. The third kappa shape index (κ3) is 4.26. The molecule has 1 N–H and O–H groups in total. The van der Waals surface area contributed by atoms with Crippen LogP contribution in [-0.2, 0) is 9.53 Å². The number of carbonyl (C=O) groups excluding carboxylic acids is 2. The second kappa shape index (κ2) is 9.54. The minimum absolute atomic E-state index is 0.0841. The highest BCUT2D eigenvalue weighted by molar-refractivity contribution is 7.12. The van der Waals surface area contributed by atoms with Gasteiger partial charge in [0.15, 0.2) is 0 Å². The molecular weight excluding hydrogens is 424 g/mol. The summed E-state index contributed by atoms with van der Waals surface area (Å²) in [6.45, 7) is 2.81. The first-order chi connectivity index (χ1) is 15.5. The van der Waals surface area contributed by atoms with Gasteiger partial charge in [0.2, 0.25) is 5.91 Å². The van der Waals surface area contributed by atoms with Crippen LogP contribution in [0.25, 0.3) is 0 Å². The molecule has 0 aliphatic carbocycles. The Balaban J connectivity index is 1.80. The van der Waals surface area contributed by atoms with Gasteiger partial charge in [-0.1, -0.05) is 24.3 Å². The number of aryl methyl sites for hydroxylation is 1. The van der Waals surface area contributed by atoms with Gasteiger partial charge in [0.25, 0.3) is 5.91 Å². The maximum Gasteiger partial charge on any atom is 0.254 e. The van der Waals surface area contributed by atoms with E-state index < -0.39 is 12.0 Å². The molecule has 1 aliphatic heterocycles. The zero-order valence-electron chi connectivity index (χ0n) is 18.3. The average molecular weight is 451 g/mol. The summed E-state index contributed by atoms with van der Waals surface area (Å²) in [5.41, 5.74) is 1.94. The van der Waals surface area contributed by atoms with Gasteiger partial charge in [-0.2, -0.15) is 0 Å². The first-order valence-corrected chi connectivity index (χ1v) is 11.2. The number of hydrogen-bond donors (Lipinski definition) is 1. The minimum atomic E-state index is -0.565. The smallest absolute Gasteiger partial charge is 0.254 e. The second-order valence-corrected chi connectivity index (χ2v) is 8.99. The Morgan fingerprint density at radius 2 is 1.91 bits per heavy atom. The Morgan fingerprint density at radius 1 is 1.09 bits per heavy atom. The number of carbonyl (C=O) groups is 2. The predicted molar refractivity (Wildman–Crippen MR) is 126 cm³/mol. The molecule has 32 heavy (non-hydrogen) atoms. The lowest BCUT2D eigenvalue weighted by Crippen LogP contribution is -2.47. The second-order valence-electron chi connectivity index (χ2n) is 7.67. The zero-order chi connectivity index (χ0) is 22.7. The number of thiophene rings is 1. The minimum Gasteiger partial charge on any atom is -0.497 e. The summed E-state index contributed by atoms with van der Waals surface area (Å²) in [5, 5.41) is 3.04. The van der Waals surface area contributed by atoms with Gasteiger partial charge in [-0.15, -0.1) is 11.3 Å². The maximum atomic E-state index is 13.7. The summed E-state index contributed by atoms with van der Waals surface area (Å²) in [6.07, 6.45) is 0. The van der Waals surface area contributed by atoms with E-state index in [1.165, 1.54) is 0 Å². The fourth-order valence-electron chi connectivity index (χ4n) is 4.16. The summed E-state index contributed by atoms with van der Waals surface area (Å²) in [7, 11) is 3.20. The first kappa shape index (κ1) is 22.0. The fourth-order valence-corrected chi connectivity index (χ4v) is 5.19. The van der Waals surface area contributed by atoms with Gasteiger partial charge in [-0.25, -0.2) is 0 Å². The van der Waals surface area contributed by atoms with Crippen LogP contribution in [-0.4, -0.2) is 44.1 Å². The van der Waals surface area contributed by atoms with Crippen molar-refractivity contribution in [3.05, 3.63) is 81.5 Å². The molecule has 0 bridgehead atoms. The number of hydrogen-bond acceptors (Lipinski definition) is 5. The van der Waals surface area contributed by atoms with Gasteiger partial charge in [-0.05, 0) is 42.8 Å². The number of anilines is 1. The van der Waals surface area contributed by atoms with Gasteiger partial charge in [0, 0.05) is 40.7 Å². The highest BCUT2D eigenvalue weighted by Crippen LogP contribution is 2.45. The summed E-state index contributed by atoms with van der Waals surface area (Å²) in [5.74, 6) is -0.157. The average Bonchev–Trinajstić information content (AvgIpc) is 3.24. The van der Waals surface area contributed by atoms with E-state index in [9.17, 15) is 9.59 Å². The number of rotatable bonds is 7. The van der Waals surface area contributed by atoms with Crippen LogP contribution in [0.4, 0.5) is 5.69 Å². The van der Waals surface area contributed by atoms with Crippen LogP contribution in [0.3, 0.4) is 0 Å². The SMILES string of the molecule is COCCN1C(=O)c2ccccc2C(C(=O)Nc2cccc(OC)c2)C1c1ccc(C)s1. The third-order valence-electron chi connectivity index (χ3n) is 5.65. The van der Waals surface area contributed by atoms with Crippen LogP contribution < -0.4 is 10.1 Å². The normalized spacial score (nSPS) is 17.7. The molecule has 0 saturated carbocycles. The van der Waals surface area contributed by atoms with E-state index >= 15 is 0 Å². The first-order valence-electron chi connectivity index (χ1n) is 10.4. The summed E-state index contributed by atoms with van der Waals surface area (Å²) in [6, 6.07) is 18.3. The van der Waals surface area contributed by atoms with E-state index in [0.717, 1.165) is 15.3 Å². The van der Waals surface area contributed by atoms with Gasteiger partial charge in [0.05, 0.1) is 25.7 Å². The lowest BCUT2D eigenvalue weighted by Gasteiger charge is -2.41. The molecule has 1 aliphatic rings. The Hall–Kier alpha value is -3.16. The molecule has 2 amide bonds. The van der Waals surface area contributed by atoms with Gasteiger partial charge in [0.1, 0.15) is 5.75 Å². The molecule has 0 saturated heterocycles. The Kier molecular flexibility index (Phi) is 6.58. The van der Waals surface area contributed by atoms with Crippen molar-refractivity contribution in [1.29, 1.82) is 0 Å². The van der Waals surface area contributed by atoms with E-state index in [-0.39, 0.29) is 11.8 Å². The highest BCUT2D eigenvalue weighted by atomic mass is 32.1. The molecule has 2 unspecified atom stereocenters. The van der Waals surface area contributed by atoms with Crippen molar-refractivity contribution in [2.75, 3.05) is 32.7 Å². The van der Waals surface area contributed by atoms with E-state index in [1.807, 2.05) is 55.5 Å². The standard InChI is InChI=1S/C25H26N2O4S/c1-16-11-12-21(32-16)23-22(24(28)26-17-7-6-8-18(15-17)31-3)19-9-4-5-10-20(19)25(29)27(23)13-14-30-2/h4-12,15,22-23H,13-14H2,1-3H3,(H,26,28). The van der Waals surface area contributed by atoms with Gasteiger partial charge in [-0.3, -0.25) is 9.59 Å². The summed E-state index contributed by atoms with van der Waals surface area (Å²) >= 11 is 1.61. The summed E-state index contributed by atoms with van der Waals surface area (Å²) < 4.78 is 10.6. The largest absolute Gasteiger partial charge is 0.497 e. The van der Waals surface area contributed by atoms with Crippen LogP contribution >= 0.6 is 11.3 Å². The molecule has 7 heteroatoms. The Bertz CT molecular complexity index is 1130. The van der Waals surface area contributed by atoms with Crippen molar-refractivity contribution in [2.24, 2.45) is 0 Å². The number of amides is 2. The topological polar surface area (TPSA) is 67.9 Å². The molecule has 0 spiro atoms. The van der Waals surface area contributed by atoms with Crippen LogP contribution in [0.1, 0.15) is 37.6 Å². The van der Waals surface area contributed by atoms with Crippen molar-refractivity contribution in [3.8, 4) is 5.75 Å². The number of nitrogens with zero attached hydrogens (tertiary/aromatic N) is 1. The molecule has 4 rings (SSSR count). The van der Waals surface area contributed by atoms with Crippen LogP contribution in [0.15, 0.2) is 60.7 Å². The maximum absolute atomic E-state index is 13.7. The lowest BCUT2D eigenvalue weighted by molar-refractivity contribution is -0.119. The van der Waals surface area contributed by atoms with Crippen molar-refractivity contribution in [3.63, 3.8) is 0 Å². The molecule has 1 aromatic heterocycles. The molecule has 166 valence electrons. The van der Waals surface area contributed by atoms with Gasteiger partial charge >= 0.3 is 0 Å². The number of benzene rings is 2. The number of fused-ring (bicyclic) bond motifs is 1. The molecule has 0 fully saturated rings. The zero-order valence-corrected chi connectivity index (χ0v) is 19.1. The molecular formula is C25H26N2O4S. The van der Waals surface area contributed by atoms with Crippen molar-refractivity contribution in [2.45, 2.75) is 18.9 Å². The lowest BCUT2D eigenvalue weighted by atomic mass is 9.81. The molecule has 2 atom stereocenters. The monoisotopic (exact) mass is 450 g/mol. The van der Waals surface area contributed by atoms with Crippen LogP contribution in [0.5, 0.6) is 5.75 Å². The number of methoxy groups -OCH3 is 2. The van der Waals surface area contributed by atoms with E-state index in [2.05, 4.69) is 5.32 Å². The van der Waals surface area contributed by atoms with Crippen molar-refractivity contribution in [1.82, 2.24) is 4.90 Å². The van der Waals surface area contributed by atoms with Gasteiger partial charge < -0.3 is 19.7 Å².